The molecule has 1 rings (SSSR count). The summed E-state index contributed by atoms with van der Waals surface area (Å²) in [5.41, 5.74) is 5.02. The smallest absolute Gasteiger partial charge is 0.312 e. The number of aromatic nitrogens is 2. The molecule has 0 radical (unpaired) electrons. The number of amides is 3. The van der Waals surface area contributed by atoms with Crippen LogP contribution in [0, 0.1) is 0 Å². The second kappa shape index (κ2) is 6.79. The summed E-state index contributed by atoms with van der Waals surface area (Å²) in [7, 11) is 0. The molecule has 1 atom stereocenters. The third-order valence-electron chi connectivity index (χ3n) is 1.98. The van der Waals surface area contributed by atoms with E-state index in [-0.39, 0.29) is 5.91 Å². The van der Waals surface area contributed by atoms with Gasteiger partial charge in [0.2, 0.25) is 11.9 Å². The van der Waals surface area contributed by atoms with E-state index < -0.39 is 12.1 Å². The molecule has 0 saturated carbocycles. The highest BCUT2D eigenvalue weighted by atomic mass is 32.2. The number of aromatic amines is 1. The van der Waals surface area contributed by atoms with Crippen molar-refractivity contribution in [3.63, 3.8) is 0 Å². The van der Waals surface area contributed by atoms with E-state index in [0.717, 1.165) is 5.75 Å². The molecule has 17 heavy (non-hydrogen) atoms. The quantitative estimate of drug-likeness (QED) is 0.580. The first-order valence-electron chi connectivity index (χ1n) is 4.98. The van der Waals surface area contributed by atoms with Crippen molar-refractivity contribution < 1.29 is 9.59 Å². The molecule has 7 nitrogen and oxygen atoms in total. The number of carbonyl (C=O) groups excluding carboxylic acids is 2. The number of nitrogens with zero attached hydrogens (tertiary/aromatic N) is 1. The lowest BCUT2D eigenvalue weighted by Crippen LogP contribution is -2.46. The maximum atomic E-state index is 11.8. The van der Waals surface area contributed by atoms with Crippen LogP contribution in [0.2, 0.25) is 0 Å². The van der Waals surface area contributed by atoms with E-state index in [0.29, 0.717) is 12.4 Å². The second-order valence-electron chi connectivity index (χ2n) is 3.27. The topological polar surface area (TPSA) is 113 Å². The minimum atomic E-state index is -0.717. The zero-order chi connectivity index (χ0) is 12.7. The SMILES string of the molecule is CSCCC(NC(N)=O)C(=O)Nc1ncc[nH]1. The van der Waals surface area contributed by atoms with Crippen molar-refractivity contribution in [3.05, 3.63) is 12.4 Å². The fourth-order valence-electron chi connectivity index (χ4n) is 1.21. The first kappa shape index (κ1) is 13.4. The van der Waals surface area contributed by atoms with Crippen LogP contribution in [0.4, 0.5) is 10.7 Å². The minimum absolute atomic E-state index is 0.340. The summed E-state index contributed by atoms with van der Waals surface area (Å²) in [4.78, 5) is 29.2. The molecule has 0 aliphatic heterocycles. The molecule has 0 saturated heterocycles. The summed E-state index contributed by atoms with van der Waals surface area (Å²) in [6, 6.07) is -1.37. The summed E-state index contributed by atoms with van der Waals surface area (Å²) < 4.78 is 0. The van der Waals surface area contributed by atoms with E-state index in [1.54, 1.807) is 18.0 Å². The van der Waals surface area contributed by atoms with E-state index in [1.165, 1.54) is 6.20 Å². The summed E-state index contributed by atoms with van der Waals surface area (Å²) in [6.07, 6.45) is 5.55. The number of primary amides is 1. The molecule has 0 aliphatic rings. The first-order chi connectivity index (χ1) is 8.13. The van der Waals surface area contributed by atoms with Crippen molar-refractivity contribution in [3.8, 4) is 0 Å². The zero-order valence-electron chi connectivity index (χ0n) is 9.40. The second-order valence-corrected chi connectivity index (χ2v) is 4.26. The van der Waals surface area contributed by atoms with E-state index in [4.69, 9.17) is 5.73 Å². The lowest BCUT2D eigenvalue weighted by Gasteiger charge is -2.15. The number of urea groups is 1. The highest BCUT2D eigenvalue weighted by molar-refractivity contribution is 7.98. The molecule has 3 amide bonds. The summed E-state index contributed by atoms with van der Waals surface area (Å²) in [6.45, 7) is 0. The number of nitrogens with one attached hydrogen (secondary N) is 3. The monoisotopic (exact) mass is 257 g/mol. The maximum Gasteiger partial charge on any atom is 0.312 e. The number of carbonyl (C=O) groups is 2. The number of nitrogens with two attached hydrogens (primary N) is 1. The van der Waals surface area contributed by atoms with E-state index in [1.807, 2.05) is 6.26 Å². The van der Waals surface area contributed by atoms with Gasteiger partial charge in [0.15, 0.2) is 0 Å². The molecule has 0 aliphatic carbocycles. The minimum Gasteiger partial charge on any atom is -0.352 e. The Hall–Kier alpha value is -1.70. The van der Waals surface area contributed by atoms with Crippen LogP contribution in [-0.4, -0.2) is 40.0 Å². The normalized spacial score (nSPS) is 11.8. The van der Waals surface area contributed by atoms with Crippen LogP contribution in [0.15, 0.2) is 12.4 Å². The van der Waals surface area contributed by atoms with E-state index >= 15 is 0 Å². The highest BCUT2D eigenvalue weighted by Gasteiger charge is 2.19. The predicted molar refractivity (Wildman–Crippen MR) is 66.7 cm³/mol. The molecule has 1 aromatic rings. The van der Waals surface area contributed by atoms with Gasteiger partial charge < -0.3 is 16.0 Å². The summed E-state index contributed by atoms with van der Waals surface area (Å²) in [5, 5.41) is 4.95. The molecule has 1 aromatic heterocycles. The first-order valence-corrected chi connectivity index (χ1v) is 6.38. The van der Waals surface area contributed by atoms with Crippen molar-refractivity contribution in [2.45, 2.75) is 12.5 Å². The fraction of sp³-hybridized carbons (Fsp3) is 0.444. The van der Waals surface area contributed by atoms with Crippen molar-refractivity contribution in [1.82, 2.24) is 15.3 Å². The van der Waals surface area contributed by atoms with Gasteiger partial charge in [-0.05, 0) is 18.4 Å². The molecular formula is C9H15N5O2S. The predicted octanol–water partition coefficient (Wildman–Crippen LogP) is 0.138. The van der Waals surface area contributed by atoms with Crippen molar-refractivity contribution in [2.24, 2.45) is 5.73 Å². The Labute approximate surface area is 103 Å². The largest absolute Gasteiger partial charge is 0.352 e. The third-order valence-corrected chi connectivity index (χ3v) is 2.63. The van der Waals surface area contributed by atoms with Crippen LogP contribution in [0.25, 0.3) is 0 Å². The van der Waals surface area contributed by atoms with Crippen molar-refractivity contribution in [1.29, 1.82) is 0 Å². The number of hydrogen-bond donors (Lipinski definition) is 4. The molecule has 94 valence electrons. The maximum absolute atomic E-state index is 11.8. The van der Waals surface area contributed by atoms with Gasteiger partial charge in [-0.25, -0.2) is 9.78 Å². The Morgan fingerprint density at radius 3 is 2.94 bits per heavy atom. The van der Waals surface area contributed by atoms with Crippen LogP contribution in [0.3, 0.4) is 0 Å². The Morgan fingerprint density at radius 2 is 2.41 bits per heavy atom. The van der Waals surface area contributed by atoms with Gasteiger partial charge in [-0.3, -0.25) is 10.1 Å². The van der Waals surface area contributed by atoms with Gasteiger partial charge in [-0.1, -0.05) is 0 Å². The van der Waals surface area contributed by atoms with Gasteiger partial charge in [0.25, 0.3) is 0 Å². The van der Waals surface area contributed by atoms with Crippen LogP contribution in [0.1, 0.15) is 6.42 Å². The van der Waals surface area contributed by atoms with E-state index in [2.05, 4.69) is 20.6 Å². The number of rotatable bonds is 6. The molecule has 1 heterocycles. The van der Waals surface area contributed by atoms with Crippen LogP contribution in [0.5, 0.6) is 0 Å². The van der Waals surface area contributed by atoms with Gasteiger partial charge in [0.1, 0.15) is 6.04 Å². The van der Waals surface area contributed by atoms with Crippen LogP contribution >= 0.6 is 11.8 Å². The lowest BCUT2D eigenvalue weighted by atomic mass is 10.2. The molecule has 0 aromatic carbocycles. The number of imidazole rings is 1. The lowest BCUT2D eigenvalue weighted by molar-refractivity contribution is -0.118. The fourth-order valence-corrected chi connectivity index (χ4v) is 1.69. The highest BCUT2D eigenvalue weighted by Crippen LogP contribution is 2.04. The number of thioether (sulfide) groups is 1. The zero-order valence-corrected chi connectivity index (χ0v) is 10.2. The van der Waals surface area contributed by atoms with Gasteiger partial charge in [-0.2, -0.15) is 11.8 Å². The molecule has 0 spiro atoms. The van der Waals surface area contributed by atoms with Crippen molar-refractivity contribution >= 4 is 29.6 Å². The number of anilines is 1. The van der Waals surface area contributed by atoms with E-state index in [9.17, 15) is 9.59 Å². The van der Waals surface area contributed by atoms with Gasteiger partial charge >= 0.3 is 6.03 Å². The Bertz CT molecular complexity index is 367. The van der Waals surface area contributed by atoms with Crippen molar-refractivity contribution in [2.75, 3.05) is 17.3 Å². The molecule has 1 unspecified atom stereocenters. The molecule has 5 N–H and O–H groups in total. The Morgan fingerprint density at radius 1 is 1.65 bits per heavy atom. The number of hydrogen-bond acceptors (Lipinski definition) is 4. The molecule has 0 fully saturated rings. The van der Waals surface area contributed by atoms with Gasteiger partial charge in [-0.15, -0.1) is 0 Å². The average molecular weight is 257 g/mol. The van der Waals surface area contributed by atoms with Gasteiger partial charge in [0.05, 0.1) is 0 Å². The molecule has 8 heteroatoms. The summed E-state index contributed by atoms with van der Waals surface area (Å²) >= 11 is 1.59. The Kier molecular flexibility index (Phi) is 5.34. The summed E-state index contributed by atoms with van der Waals surface area (Å²) in [5.74, 6) is 0.750. The van der Waals surface area contributed by atoms with Crippen LogP contribution in [-0.2, 0) is 4.79 Å². The van der Waals surface area contributed by atoms with Gasteiger partial charge in [0, 0.05) is 12.4 Å². The van der Waals surface area contributed by atoms with Crippen LogP contribution < -0.4 is 16.4 Å². The average Bonchev–Trinajstić information content (AvgIpc) is 2.76. The standard InChI is InChI=1S/C9H15N5O2S/c1-17-5-2-6(13-8(10)16)7(15)14-9-11-3-4-12-9/h3-4,6H,2,5H2,1H3,(H3,10,13,16)(H2,11,12,14,15). The molecular weight excluding hydrogens is 242 g/mol. The number of H-pyrrole nitrogens is 1. The molecule has 0 bridgehead atoms. The Balaban J connectivity index is 2.55. The third kappa shape index (κ3) is 4.77.